The number of nitrogens with one attached hydrogen (secondary N) is 2. The summed E-state index contributed by atoms with van der Waals surface area (Å²) in [5, 5.41) is 7.92. The maximum Gasteiger partial charge on any atom is 0.287 e. The number of furan rings is 1. The number of aryl methyl sites for hydroxylation is 1. The SMILES string of the molecule is Cc1c(C(=O)NCC2(C)CCNCC2)oc2ccc(Cl)cc12. The largest absolute Gasteiger partial charge is 0.451 e. The van der Waals surface area contributed by atoms with Crippen molar-refractivity contribution in [3.8, 4) is 0 Å². The Kier molecular flexibility index (Phi) is 4.15. The van der Waals surface area contributed by atoms with Crippen LogP contribution in [0.25, 0.3) is 11.0 Å². The van der Waals surface area contributed by atoms with Crippen LogP contribution in [0, 0.1) is 12.3 Å². The highest BCUT2D eigenvalue weighted by Gasteiger charge is 2.28. The molecule has 1 aromatic heterocycles. The molecule has 22 heavy (non-hydrogen) atoms. The van der Waals surface area contributed by atoms with Crippen molar-refractivity contribution in [3.05, 3.63) is 34.5 Å². The van der Waals surface area contributed by atoms with Gasteiger partial charge in [-0.25, -0.2) is 0 Å². The van der Waals surface area contributed by atoms with Gasteiger partial charge in [0.1, 0.15) is 5.58 Å². The second kappa shape index (κ2) is 5.94. The summed E-state index contributed by atoms with van der Waals surface area (Å²) in [4.78, 5) is 12.5. The van der Waals surface area contributed by atoms with Crippen LogP contribution in [0.5, 0.6) is 0 Å². The molecule has 1 aliphatic rings. The van der Waals surface area contributed by atoms with Gasteiger partial charge in [-0.3, -0.25) is 4.79 Å². The van der Waals surface area contributed by atoms with Gasteiger partial charge < -0.3 is 15.1 Å². The van der Waals surface area contributed by atoms with Crippen molar-refractivity contribution >= 4 is 28.5 Å². The van der Waals surface area contributed by atoms with Crippen LogP contribution in [0.1, 0.15) is 35.9 Å². The fourth-order valence-corrected chi connectivity index (χ4v) is 3.16. The molecule has 2 aromatic rings. The summed E-state index contributed by atoms with van der Waals surface area (Å²) < 4.78 is 5.71. The number of halogens is 1. The molecule has 1 aromatic carbocycles. The Bertz CT molecular complexity index is 702. The van der Waals surface area contributed by atoms with Crippen LogP contribution in [-0.2, 0) is 0 Å². The van der Waals surface area contributed by atoms with Gasteiger partial charge >= 0.3 is 0 Å². The van der Waals surface area contributed by atoms with E-state index in [-0.39, 0.29) is 11.3 Å². The van der Waals surface area contributed by atoms with E-state index in [1.54, 1.807) is 12.1 Å². The first-order valence-electron chi connectivity index (χ1n) is 7.66. The molecule has 1 amide bonds. The zero-order valence-electron chi connectivity index (χ0n) is 13.0. The van der Waals surface area contributed by atoms with E-state index in [9.17, 15) is 4.79 Å². The second-order valence-corrected chi connectivity index (χ2v) is 6.88. The van der Waals surface area contributed by atoms with Gasteiger partial charge in [-0.05, 0) is 56.5 Å². The van der Waals surface area contributed by atoms with Gasteiger partial charge in [0.2, 0.25) is 0 Å². The van der Waals surface area contributed by atoms with Crippen molar-refractivity contribution in [1.29, 1.82) is 0 Å². The van der Waals surface area contributed by atoms with Crippen molar-refractivity contribution in [2.45, 2.75) is 26.7 Å². The van der Waals surface area contributed by atoms with Crippen LogP contribution in [0.4, 0.5) is 0 Å². The minimum atomic E-state index is -0.149. The topological polar surface area (TPSA) is 54.3 Å². The second-order valence-electron chi connectivity index (χ2n) is 6.44. The minimum absolute atomic E-state index is 0.149. The van der Waals surface area contributed by atoms with Gasteiger partial charge in [0.25, 0.3) is 5.91 Å². The molecular formula is C17H21ClN2O2. The summed E-state index contributed by atoms with van der Waals surface area (Å²) >= 11 is 6.01. The predicted octanol–water partition coefficient (Wildman–Crippen LogP) is 3.51. The summed E-state index contributed by atoms with van der Waals surface area (Å²) in [7, 11) is 0. The lowest BCUT2D eigenvalue weighted by Gasteiger charge is -2.34. The maximum atomic E-state index is 12.5. The molecule has 4 nitrogen and oxygen atoms in total. The Morgan fingerprint density at radius 1 is 1.41 bits per heavy atom. The number of benzene rings is 1. The molecule has 1 saturated heterocycles. The third kappa shape index (κ3) is 2.99. The zero-order chi connectivity index (χ0) is 15.7. The molecule has 0 spiro atoms. The molecule has 0 atom stereocenters. The quantitative estimate of drug-likeness (QED) is 0.910. The van der Waals surface area contributed by atoms with E-state index in [0.717, 1.165) is 36.9 Å². The van der Waals surface area contributed by atoms with E-state index in [1.165, 1.54) is 0 Å². The summed E-state index contributed by atoms with van der Waals surface area (Å²) in [5.41, 5.74) is 1.69. The first-order valence-corrected chi connectivity index (χ1v) is 8.04. The maximum absolute atomic E-state index is 12.5. The fourth-order valence-electron chi connectivity index (χ4n) is 2.99. The number of hydrogen-bond donors (Lipinski definition) is 2. The van der Waals surface area contributed by atoms with Crippen molar-refractivity contribution in [2.24, 2.45) is 5.41 Å². The highest BCUT2D eigenvalue weighted by Crippen LogP contribution is 2.29. The van der Waals surface area contributed by atoms with Crippen LogP contribution < -0.4 is 10.6 Å². The van der Waals surface area contributed by atoms with Gasteiger partial charge in [0.05, 0.1) is 0 Å². The van der Waals surface area contributed by atoms with Crippen molar-refractivity contribution in [1.82, 2.24) is 10.6 Å². The fraction of sp³-hybridized carbons (Fsp3) is 0.471. The molecule has 118 valence electrons. The highest BCUT2D eigenvalue weighted by atomic mass is 35.5. The molecule has 0 bridgehead atoms. The number of rotatable bonds is 3. The van der Waals surface area contributed by atoms with Crippen molar-refractivity contribution in [3.63, 3.8) is 0 Å². The van der Waals surface area contributed by atoms with Gasteiger partial charge in [-0.15, -0.1) is 0 Å². The Balaban J connectivity index is 1.76. The Morgan fingerprint density at radius 2 is 2.14 bits per heavy atom. The van der Waals surface area contributed by atoms with E-state index in [1.807, 2.05) is 13.0 Å². The van der Waals surface area contributed by atoms with E-state index >= 15 is 0 Å². The smallest absolute Gasteiger partial charge is 0.287 e. The Labute approximate surface area is 135 Å². The van der Waals surface area contributed by atoms with Gasteiger partial charge in [0, 0.05) is 22.5 Å². The lowest BCUT2D eigenvalue weighted by atomic mass is 9.81. The normalized spacial score (nSPS) is 17.6. The molecule has 1 fully saturated rings. The van der Waals surface area contributed by atoms with Crippen LogP contribution in [0.2, 0.25) is 5.02 Å². The van der Waals surface area contributed by atoms with E-state index in [2.05, 4.69) is 17.6 Å². The summed E-state index contributed by atoms with van der Waals surface area (Å²) in [6, 6.07) is 5.40. The summed E-state index contributed by atoms with van der Waals surface area (Å²) in [6.45, 7) is 6.80. The lowest BCUT2D eigenvalue weighted by molar-refractivity contribution is 0.0896. The molecule has 0 aliphatic carbocycles. The monoisotopic (exact) mass is 320 g/mol. The first kappa shape index (κ1) is 15.4. The average molecular weight is 321 g/mol. The highest BCUT2D eigenvalue weighted by molar-refractivity contribution is 6.31. The summed E-state index contributed by atoms with van der Waals surface area (Å²) in [5.74, 6) is 0.236. The number of piperidine rings is 1. The molecule has 3 rings (SSSR count). The third-order valence-electron chi connectivity index (χ3n) is 4.59. The first-order chi connectivity index (χ1) is 10.5. The molecule has 1 aliphatic heterocycles. The Morgan fingerprint density at radius 3 is 2.86 bits per heavy atom. The number of amides is 1. The molecular weight excluding hydrogens is 300 g/mol. The molecule has 2 heterocycles. The molecule has 0 radical (unpaired) electrons. The minimum Gasteiger partial charge on any atom is -0.451 e. The predicted molar refractivity (Wildman–Crippen MR) is 88.5 cm³/mol. The van der Waals surface area contributed by atoms with Crippen molar-refractivity contribution < 1.29 is 9.21 Å². The van der Waals surface area contributed by atoms with Gasteiger partial charge in [-0.2, -0.15) is 0 Å². The van der Waals surface area contributed by atoms with E-state index in [4.69, 9.17) is 16.0 Å². The number of fused-ring (bicyclic) bond motifs is 1. The zero-order valence-corrected chi connectivity index (χ0v) is 13.7. The molecule has 0 unspecified atom stereocenters. The van der Waals surface area contributed by atoms with Crippen molar-refractivity contribution in [2.75, 3.05) is 19.6 Å². The number of carbonyl (C=O) groups is 1. The van der Waals surface area contributed by atoms with Crippen LogP contribution in [0.15, 0.2) is 22.6 Å². The van der Waals surface area contributed by atoms with Gasteiger partial charge in [-0.1, -0.05) is 18.5 Å². The molecule has 0 saturated carbocycles. The van der Waals surface area contributed by atoms with Crippen LogP contribution >= 0.6 is 11.6 Å². The van der Waals surface area contributed by atoms with E-state index in [0.29, 0.717) is 22.9 Å². The Hall–Kier alpha value is -1.52. The lowest BCUT2D eigenvalue weighted by Crippen LogP contribution is -2.42. The number of carbonyl (C=O) groups excluding carboxylic acids is 1. The average Bonchev–Trinajstić information content (AvgIpc) is 2.83. The van der Waals surface area contributed by atoms with E-state index < -0.39 is 0 Å². The van der Waals surface area contributed by atoms with Crippen LogP contribution in [0.3, 0.4) is 0 Å². The molecule has 2 N–H and O–H groups in total. The standard InChI is InChI=1S/C17H21ClN2O2/c1-11-13-9-12(18)3-4-14(13)22-15(11)16(21)20-10-17(2)5-7-19-8-6-17/h3-4,9,19H,5-8,10H2,1-2H3,(H,20,21). The summed E-state index contributed by atoms with van der Waals surface area (Å²) in [6.07, 6.45) is 2.14. The number of hydrogen-bond acceptors (Lipinski definition) is 3. The molecule has 5 heteroatoms. The third-order valence-corrected chi connectivity index (χ3v) is 4.83. The van der Waals surface area contributed by atoms with Crippen LogP contribution in [-0.4, -0.2) is 25.5 Å². The van der Waals surface area contributed by atoms with Gasteiger partial charge in [0.15, 0.2) is 5.76 Å².